The van der Waals surface area contributed by atoms with E-state index in [0.29, 0.717) is 5.89 Å². The summed E-state index contributed by atoms with van der Waals surface area (Å²) in [4.78, 5) is 0. The average molecular weight is 161 g/mol. The fourth-order valence-corrected chi connectivity index (χ4v) is 0.789. The van der Waals surface area contributed by atoms with Gasteiger partial charge in [0.25, 0.3) is 0 Å². The van der Waals surface area contributed by atoms with Gasteiger partial charge in [-0.15, -0.1) is 5.10 Å². The third-order valence-corrected chi connectivity index (χ3v) is 1.34. The summed E-state index contributed by atoms with van der Waals surface area (Å²) in [6, 6.07) is 0. The van der Waals surface area contributed by atoms with Crippen LogP contribution >= 0.6 is 11.6 Å². The van der Waals surface area contributed by atoms with Crippen molar-refractivity contribution in [2.75, 3.05) is 0 Å². The summed E-state index contributed by atoms with van der Waals surface area (Å²) < 4.78 is 4.93. The van der Waals surface area contributed by atoms with Crippen LogP contribution in [-0.4, -0.2) is 10.2 Å². The molecule has 0 spiro atoms. The standard InChI is InChI=1S/C6H9ClN2O/c1-2-3-4-5-8-9-6(7)10-5/h2-4H2,1H3. The molecule has 3 nitrogen and oxygen atoms in total. The van der Waals surface area contributed by atoms with Gasteiger partial charge in [0.15, 0.2) is 0 Å². The Hall–Kier alpha value is -0.570. The fourth-order valence-electron chi connectivity index (χ4n) is 0.662. The van der Waals surface area contributed by atoms with Crippen LogP contribution in [-0.2, 0) is 6.42 Å². The van der Waals surface area contributed by atoms with Crippen LogP contribution in [0.15, 0.2) is 4.42 Å². The second-order valence-electron chi connectivity index (χ2n) is 2.05. The van der Waals surface area contributed by atoms with Gasteiger partial charge in [-0.2, -0.15) is 0 Å². The maximum Gasteiger partial charge on any atom is 0.312 e. The van der Waals surface area contributed by atoms with Crippen molar-refractivity contribution in [2.45, 2.75) is 26.2 Å². The van der Waals surface area contributed by atoms with Crippen molar-refractivity contribution in [1.82, 2.24) is 10.2 Å². The van der Waals surface area contributed by atoms with Crippen LogP contribution in [0.25, 0.3) is 0 Å². The summed E-state index contributed by atoms with van der Waals surface area (Å²) in [7, 11) is 0. The maximum atomic E-state index is 5.40. The van der Waals surface area contributed by atoms with Gasteiger partial charge in [0, 0.05) is 6.42 Å². The molecule has 1 aromatic rings. The van der Waals surface area contributed by atoms with Crippen LogP contribution in [0, 0.1) is 0 Å². The molecule has 0 amide bonds. The van der Waals surface area contributed by atoms with E-state index in [1.807, 2.05) is 0 Å². The first-order valence-electron chi connectivity index (χ1n) is 3.31. The molecule has 1 heterocycles. The van der Waals surface area contributed by atoms with E-state index in [4.69, 9.17) is 16.0 Å². The molecular formula is C6H9ClN2O. The smallest absolute Gasteiger partial charge is 0.312 e. The Morgan fingerprint density at radius 1 is 1.50 bits per heavy atom. The molecule has 10 heavy (non-hydrogen) atoms. The predicted molar refractivity (Wildman–Crippen MR) is 37.9 cm³/mol. The van der Waals surface area contributed by atoms with E-state index in [-0.39, 0.29) is 5.35 Å². The molecule has 56 valence electrons. The van der Waals surface area contributed by atoms with Crippen molar-refractivity contribution in [3.8, 4) is 0 Å². The highest BCUT2D eigenvalue weighted by Crippen LogP contribution is 2.07. The SMILES string of the molecule is CCCCc1nnc(Cl)o1. The van der Waals surface area contributed by atoms with Crippen LogP contribution in [0.5, 0.6) is 0 Å². The van der Waals surface area contributed by atoms with E-state index >= 15 is 0 Å². The monoisotopic (exact) mass is 160 g/mol. The molecule has 0 saturated heterocycles. The van der Waals surface area contributed by atoms with Gasteiger partial charge in [-0.05, 0) is 18.0 Å². The summed E-state index contributed by atoms with van der Waals surface area (Å²) in [6.07, 6.45) is 3.02. The van der Waals surface area contributed by atoms with Gasteiger partial charge in [-0.1, -0.05) is 18.4 Å². The lowest BCUT2D eigenvalue weighted by Gasteiger charge is -1.87. The Bertz CT molecular complexity index is 199. The van der Waals surface area contributed by atoms with Gasteiger partial charge in [0.05, 0.1) is 0 Å². The lowest BCUT2D eigenvalue weighted by atomic mass is 10.2. The maximum absolute atomic E-state index is 5.40. The molecule has 0 fully saturated rings. The van der Waals surface area contributed by atoms with E-state index in [2.05, 4.69) is 17.1 Å². The number of rotatable bonds is 3. The summed E-state index contributed by atoms with van der Waals surface area (Å²) in [5, 5.41) is 7.35. The lowest BCUT2D eigenvalue weighted by molar-refractivity contribution is 0.486. The summed E-state index contributed by atoms with van der Waals surface area (Å²) in [6.45, 7) is 2.11. The Morgan fingerprint density at radius 3 is 2.80 bits per heavy atom. The number of aromatic nitrogens is 2. The fraction of sp³-hybridized carbons (Fsp3) is 0.667. The quantitative estimate of drug-likeness (QED) is 0.680. The highest BCUT2D eigenvalue weighted by Gasteiger charge is 2.00. The minimum absolute atomic E-state index is 0.131. The average Bonchev–Trinajstić information content (AvgIpc) is 2.31. The predicted octanol–water partition coefficient (Wildman–Crippen LogP) is 2.07. The van der Waals surface area contributed by atoms with Crippen LogP contribution in [0.3, 0.4) is 0 Å². The van der Waals surface area contributed by atoms with Gasteiger partial charge >= 0.3 is 5.35 Å². The molecule has 0 atom stereocenters. The number of hydrogen-bond acceptors (Lipinski definition) is 3. The molecule has 0 N–H and O–H groups in total. The van der Waals surface area contributed by atoms with E-state index in [0.717, 1.165) is 19.3 Å². The summed E-state index contributed by atoms with van der Waals surface area (Å²) in [5.74, 6) is 0.631. The first kappa shape index (κ1) is 7.54. The van der Waals surface area contributed by atoms with Gasteiger partial charge in [-0.25, -0.2) is 0 Å². The third-order valence-electron chi connectivity index (χ3n) is 1.19. The number of nitrogens with zero attached hydrogens (tertiary/aromatic N) is 2. The van der Waals surface area contributed by atoms with Crippen molar-refractivity contribution >= 4 is 11.6 Å². The minimum Gasteiger partial charge on any atom is -0.412 e. The van der Waals surface area contributed by atoms with E-state index in [1.54, 1.807) is 0 Å². The molecule has 1 aromatic heterocycles. The van der Waals surface area contributed by atoms with Crippen molar-refractivity contribution < 1.29 is 4.42 Å². The molecule has 0 saturated carbocycles. The highest BCUT2D eigenvalue weighted by atomic mass is 35.5. The van der Waals surface area contributed by atoms with Gasteiger partial charge < -0.3 is 4.42 Å². The second kappa shape index (κ2) is 3.56. The zero-order valence-electron chi connectivity index (χ0n) is 5.80. The topological polar surface area (TPSA) is 38.9 Å². The molecule has 0 aliphatic rings. The first-order chi connectivity index (χ1) is 4.83. The van der Waals surface area contributed by atoms with Gasteiger partial charge in [-0.3, -0.25) is 0 Å². The van der Waals surface area contributed by atoms with E-state index in [9.17, 15) is 0 Å². The molecule has 0 bridgehead atoms. The minimum atomic E-state index is 0.131. The Morgan fingerprint density at radius 2 is 2.30 bits per heavy atom. The molecule has 1 rings (SSSR count). The Balaban J connectivity index is 2.42. The molecule has 0 radical (unpaired) electrons. The molecule has 0 aliphatic carbocycles. The second-order valence-corrected chi connectivity index (χ2v) is 2.38. The Labute approximate surface area is 64.4 Å². The van der Waals surface area contributed by atoms with Crippen molar-refractivity contribution in [1.29, 1.82) is 0 Å². The number of aryl methyl sites for hydroxylation is 1. The van der Waals surface area contributed by atoms with Gasteiger partial charge in [0.1, 0.15) is 0 Å². The van der Waals surface area contributed by atoms with Crippen LogP contribution < -0.4 is 0 Å². The number of hydrogen-bond donors (Lipinski definition) is 0. The summed E-state index contributed by atoms with van der Waals surface area (Å²) in [5.41, 5.74) is 0. The van der Waals surface area contributed by atoms with Crippen LogP contribution in [0.1, 0.15) is 25.7 Å². The normalized spacial score (nSPS) is 10.2. The number of halogens is 1. The highest BCUT2D eigenvalue weighted by molar-refractivity contribution is 6.27. The zero-order chi connectivity index (χ0) is 7.40. The molecule has 0 aromatic carbocycles. The Kier molecular flexibility index (Phi) is 2.68. The lowest BCUT2D eigenvalue weighted by Crippen LogP contribution is -1.83. The van der Waals surface area contributed by atoms with E-state index in [1.165, 1.54) is 0 Å². The largest absolute Gasteiger partial charge is 0.412 e. The molecule has 0 aliphatic heterocycles. The zero-order valence-corrected chi connectivity index (χ0v) is 6.56. The van der Waals surface area contributed by atoms with Crippen LogP contribution in [0.4, 0.5) is 0 Å². The van der Waals surface area contributed by atoms with Gasteiger partial charge in [0.2, 0.25) is 5.89 Å². The molecule has 4 heteroatoms. The van der Waals surface area contributed by atoms with E-state index < -0.39 is 0 Å². The molecule has 0 unspecified atom stereocenters. The van der Waals surface area contributed by atoms with Crippen molar-refractivity contribution in [2.24, 2.45) is 0 Å². The number of unbranched alkanes of at least 4 members (excludes halogenated alkanes) is 1. The van der Waals surface area contributed by atoms with Crippen molar-refractivity contribution in [3.05, 3.63) is 11.2 Å². The third kappa shape index (κ3) is 1.99. The molecular weight excluding hydrogens is 152 g/mol. The first-order valence-corrected chi connectivity index (χ1v) is 3.68. The van der Waals surface area contributed by atoms with Crippen molar-refractivity contribution in [3.63, 3.8) is 0 Å². The summed E-state index contributed by atoms with van der Waals surface area (Å²) >= 11 is 5.40. The van der Waals surface area contributed by atoms with Crippen LogP contribution in [0.2, 0.25) is 5.35 Å².